The van der Waals surface area contributed by atoms with Gasteiger partial charge in [-0.1, -0.05) is 49.6 Å². The number of para-hydroxylation sites is 1. The number of hydrogen-bond acceptors (Lipinski definition) is 6. The van der Waals surface area contributed by atoms with Crippen LogP contribution in [0.2, 0.25) is 0 Å². The fraction of sp³-hybridized carbons (Fsp3) is 0.500. The third-order valence-corrected chi connectivity index (χ3v) is 5.51. The number of nitrogen functional groups attached to an aromatic ring is 1. The minimum absolute atomic E-state index is 0.0174. The topological polar surface area (TPSA) is 95.1 Å². The number of nitrogens with zero attached hydrogens (tertiary/aromatic N) is 3. The van der Waals surface area contributed by atoms with Gasteiger partial charge in [0.15, 0.2) is 5.82 Å². The van der Waals surface area contributed by atoms with Gasteiger partial charge in [-0.15, -0.1) is 10.2 Å². The van der Waals surface area contributed by atoms with Crippen LogP contribution in [0.3, 0.4) is 0 Å². The smallest absolute Gasteiger partial charge is 0.230 e. The van der Waals surface area contributed by atoms with Gasteiger partial charge < -0.3 is 15.9 Å². The number of aromatic nitrogens is 3. The normalized spacial score (nSPS) is 15.4. The SMILES string of the molecule is COc1ccccc1-c1nnc(SCC(=O)NC2CCCCCC2)n1N. The molecule has 3 rings (SSSR count). The van der Waals surface area contributed by atoms with Crippen LogP contribution in [0.5, 0.6) is 5.75 Å². The van der Waals surface area contributed by atoms with E-state index in [9.17, 15) is 4.79 Å². The molecular weight excluding hydrogens is 350 g/mol. The standard InChI is InChI=1S/C18H25N5O2S/c1-25-15-11-7-6-10-14(15)17-21-22-18(23(17)19)26-12-16(24)20-13-8-4-2-3-5-9-13/h6-7,10-11,13H,2-5,8-9,12,19H2,1H3,(H,20,24). The highest BCUT2D eigenvalue weighted by Gasteiger charge is 2.18. The number of nitrogens with one attached hydrogen (secondary N) is 1. The van der Waals surface area contributed by atoms with E-state index in [4.69, 9.17) is 10.6 Å². The van der Waals surface area contributed by atoms with Gasteiger partial charge in [0.1, 0.15) is 5.75 Å². The van der Waals surface area contributed by atoms with Gasteiger partial charge in [0, 0.05) is 6.04 Å². The van der Waals surface area contributed by atoms with Crippen LogP contribution in [0.4, 0.5) is 0 Å². The van der Waals surface area contributed by atoms with Crippen LogP contribution in [0.15, 0.2) is 29.4 Å². The molecule has 1 aliphatic carbocycles. The molecule has 0 bridgehead atoms. The quantitative estimate of drug-likeness (QED) is 0.458. The van der Waals surface area contributed by atoms with Crippen molar-refractivity contribution < 1.29 is 9.53 Å². The molecule has 1 fully saturated rings. The average molecular weight is 375 g/mol. The molecule has 0 unspecified atom stereocenters. The Kier molecular flexibility index (Phi) is 6.38. The fourth-order valence-corrected chi connectivity index (χ4v) is 3.88. The first kappa shape index (κ1) is 18.6. The van der Waals surface area contributed by atoms with E-state index in [2.05, 4.69) is 15.5 Å². The average Bonchev–Trinajstić information content (AvgIpc) is 2.84. The van der Waals surface area contributed by atoms with Gasteiger partial charge in [-0.3, -0.25) is 4.79 Å². The van der Waals surface area contributed by atoms with E-state index in [-0.39, 0.29) is 11.7 Å². The summed E-state index contributed by atoms with van der Waals surface area (Å²) in [6.45, 7) is 0. The van der Waals surface area contributed by atoms with E-state index in [0.717, 1.165) is 18.4 Å². The lowest BCUT2D eigenvalue weighted by Gasteiger charge is -2.15. The lowest BCUT2D eigenvalue weighted by Crippen LogP contribution is -2.35. The minimum Gasteiger partial charge on any atom is -0.496 e. The summed E-state index contributed by atoms with van der Waals surface area (Å²) in [5.41, 5.74) is 0.764. The second kappa shape index (κ2) is 8.93. The maximum atomic E-state index is 12.2. The number of methoxy groups -OCH3 is 1. The number of amides is 1. The Balaban J connectivity index is 1.60. The van der Waals surface area contributed by atoms with Gasteiger partial charge in [0.05, 0.1) is 18.4 Å². The molecule has 0 aliphatic heterocycles. The maximum Gasteiger partial charge on any atom is 0.230 e. The Hall–Kier alpha value is -2.22. The summed E-state index contributed by atoms with van der Waals surface area (Å²) < 4.78 is 6.75. The van der Waals surface area contributed by atoms with Crippen molar-refractivity contribution in [2.75, 3.05) is 18.7 Å². The van der Waals surface area contributed by atoms with E-state index in [0.29, 0.717) is 22.8 Å². The van der Waals surface area contributed by atoms with Crippen molar-refractivity contribution in [1.29, 1.82) is 0 Å². The van der Waals surface area contributed by atoms with Crippen LogP contribution in [-0.4, -0.2) is 39.7 Å². The van der Waals surface area contributed by atoms with Gasteiger partial charge in [-0.05, 0) is 25.0 Å². The molecule has 1 saturated carbocycles. The summed E-state index contributed by atoms with van der Waals surface area (Å²) in [6.07, 6.45) is 7.06. The molecule has 0 spiro atoms. The number of nitrogens with two attached hydrogens (primary N) is 1. The number of hydrogen-bond donors (Lipinski definition) is 2. The Labute approximate surface area is 157 Å². The molecule has 0 saturated heterocycles. The number of rotatable bonds is 6. The zero-order chi connectivity index (χ0) is 18.4. The van der Waals surface area contributed by atoms with Crippen molar-refractivity contribution in [3.05, 3.63) is 24.3 Å². The van der Waals surface area contributed by atoms with Crippen LogP contribution >= 0.6 is 11.8 Å². The fourth-order valence-electron chi connectivity index (χ4n) is 3.21. The summed E-state index contributed by atoms with van der Waals surface area (Å²) in [6, 6.07) is 7.79. The van der Waals surface area contributed by atoms with E-state index >= 15 is 0 Å². The van der Waals surface area contributed by atoms with E-state index in [1.54, 1.807) is 7.11 Å². The first-order valence-corrected chi connectivity index (χ1v) is 9.93. The van der Waals surface area contributed by atoms with Crippen molar-refractivity contribution >= 4 is 17.7 Å². The van der Waals surface area contributed by atoms with Crippen LogP contribution in [-0.2, 0) is 4.79 Å². The molecule has 1 aromatic carbocycles. The Bertz CT molecular complexity index is 741. The molecule has 1 heterocycles. The van der Waals surface area contributed by atoms with Crippen molar-refractivity contribution in [3.63, 3.8) is 0 Å². The van der Waals surface area contributed by atoms with Gasteiger partial charge in [-0.2, -0.15) is 0 Å². The Morgan fingerprint density at radius 1 is 1.27 bits per heavy atom. The Morgan fingerprint density at radius 3 is 2.73 bits per heavy atom. The second-order valence-electron chi connectivity index (χ2n) is 6.42. The van der Waals surface area contributed by atoms with E-state index in [1.807, 2.05) is 24.3 Å². The van der Waals surface area contributed by atoms with Gasteiger partial charge in [-0.25, -0.2) is 4.68 Å². The summed E-state index contributed by atoms with van der Waals surface area (Å²) in [7, 11) is 1.60. The highest BCUT2D eigenvalue weighted by molar-refractivity contribution is 7.99. The largest absolute Gasteiger partial charge is 0.496 e. The molecule has 1 aliphatic rings. The Morgan fingerprint density at radius 2 is 2.00 bits per heavy atom. The monoisotopic (exact) mass is 375 g/mol. The third kappa shape index (κ3) is 4.49. The molecular formula is C18H25N5O2S. The lowest BCUT2D eigenvalue weighted by atomic mass is 10.1. The highest BCUT2D eigenvalue weighted by atomic mass is 32.2. The first-order chi connectivity index (χ1) is 12.7. The molecule has 140 valence electrons. The minimum atomic E-state index is 0.0174. The zero-order valence-electron chi connectivity index (χ0n) is 15.0. The molecule has 1 amide bonds. The van der Waals surface area contributed by atoms with E-state index in [1.165, 1.54) is 42.1 Å². The van der Waals surface area contributed by atoms with Crippen molar-refractivity contribution in [1.82, 2.24) is 20.2 Å². The van der Waals surface area contributed by atoms with Crippen LogP contribution in [0.1, 0.15) is 38.5 Å². The molecule has 26 heavy (non-hydrogen) atoms. The summed E-state index contributed by atoms with van der Waals surface area (Å²) in [5.74, 6) is 7.61. The third-order valence-electron chi connectivity index (χ3n) is 4.57. The second-order valence-corrected chi connectivity index (χ2v) is 7.36. The molecule has 2 aromatic rings. The lowest BCUT2D eigenvalue weighted by molar-refractivity contribution is -0.119. The van der Waals surface area contributed by atoms with Crippen LogP contribution < -0.4 is 15.9 Å². The first-order valence-electron chi connectivity index (χ1n) is 8.95. The summed E-state index contributed by atoms with van der Waals surface area (Å²) in [4.78, 5) is 12.2. The molecule has 1 aromatic heterocycles. The van der Waals surface area contributed by atoms with Gasteiger partial charge in [0.25, 0.3) is 0 Å². The van der Waals surface area contributed by atoms with E-state index < -0.39 is 0 Å². The summed E-state index contributed by atoms with van der Waals surface area (Å²) in [5, 5.41) is 11.9. The maximum absolute atomic E-state index is 12.2. The zero-order valence-corrected chi connectivity index (χ0v) is 15.8. The molecule has 0 radical (unpaired) electrons. The number of thioether (sulfide) groups is 1. The molecule has 0 atom stereocenters. The van der Waals surface area contributed by atoms with Gasteiger partial charge >= 0.3 is 0 Å². The number of ether oxygens (including phenoxy) is 1. The molecule has 7 nitrogen and oxygen atoms in total. The summed E-state index contributed by atoms with van der Waals surface area (Å²) >= 11 is 1.29. The molecule has 8 heteroatoms. The van der Waals surface area contributed by atoms with Crippen molar-refractivity contribution in [2.24, 2.45) is 0 Å². The molecule has 3 N–H and O–H groups in total. The number of benzene rings is 1. The predicted octanol–water partition coefficient (Wildman–Crippen LogP) is 2.60. The number of carbonyl (C=O) groups is 1. The number of carbonyl (C=O) groups excluding carboxylic acids is 1. The van der Waals surface area contributed by atoms with Crippen molar-refractivity contribution in [2.45, 2.75) is 49.7 Å². The highest BCUT2D eigenvalue weighted by Crippen LogP contribution is 2.29. The van der Waals surface area contributed by atoms with Crippen LogP contribution in [0, 0.1) is 0 Å². The van der Waals surface area contributed by atoms with Crippen LogP contribution in [0.25, 0.3) is 11.4 Å². The van der Waals surface area contributed by atoms with Crippen molar-refractivity contribution in [3.8, 4) is 17.1 Å². The van der Waals surface area contributed by atoms with Gasteiger partial charge in [0.2, 0.25) is 11.1 Å². The predicted molar refractivity (Wildman–Crippen MR) is 103 cm³/mol.